The van der Waals surface area contributed by atoms with Crippen LogP contribution in [0, 0.1) is 10.8 Å². The quantitative estimate of drug-likeness (QED) is 0.602. The number of rotatable bonds is 3. The second-order valence-corrected chi connectivity index (χ2v) is 8.46. The van der Waals surface area contributed by atoms with Crippen LogP contribution < -0.4 is 9.47 Å². The third kappa shape index (κ3) is 2.10. The topological polar surface area (TPSA) is 64.8 Å². The maximum atomic E-state index is 13.5. The van der Waals surface area contributed by atoms with Crippen LogP contribution in [0.15, 0.2) is 12.1 Å². The zero-order valence-corrected chi connectivity index (χ0v) is 16.5. The Bertz CT molecular complexity index is 887. The van der Waals surface area contributed by atoms with E-state index in [4.69, 9.17) is 14.2 Å². The minimum absolute atomic E-state index is 0.123. The summed E-state index contributed by atoms with van der Waals surface area (Å²) in [5.74, 6) is 0.930. The molecule has 0 spiro atoms. The molecule has 6 heteroatoms. The van der Waals surface area contributed by atoms with E-state index in [2.05, 4.69) is 0 Å². The summed E-state index contributed by atoms with van der Waals surface area (Å²) in [4.78, 5) is 26.0. The van der Waals surface area contributed by atoms with E-state index in [0.29, 0.717) is 37.3 Å². The van der Waals surface area contributed by atoms with Crippen LogP contribution in [0.25, 0.3) is 0 Å². The molecule has 2 atom stereocenters. The minimum atomic E-state index is -1.08. The van der Waals surface area contributed by atoms with Crippen molar-refractivity contribution in [3.8, 4) is 11.5 Å². The third-order valence-corrected chi connectivity index (χ3v) is 7.25. The van der Waals surface area contributed by atoms with Crippen LogP contribution in [0.4, 0.5) is 0 Å². The molecule has 1 aromatic rings. The first-order valence-electron chi connectivity index (χ1n) is 9.34. The molecule has 0 N–H and O–H groups in total. The summed E-state index contributed by atoms with van der Waals surface area (Å²) in [5, 5.41) is 0. The summed E-state index contributed by atoms with van der Waals surface area (Å²) in [7, 11) is 3.20. The van der Waals surface area contributed by atoms with Crippen molar-refractivity contribution in [2.75, 3.05) is 20.8 Å². The molecule has 3 aliphatic rings. The van der Waals surface area contributed by atoms with Gasteiger partial charge in [-0.05, 0) is 31.0 Å². The molecule has 4 rings (SSSR count). The average molecular weight is 372 g/mol. The molecule has 1 saturated heterocycles. The van der Waals surface area contributed by atoms with Crippen molar-refractivity contribution in [2.24, 2.45) is 10.8 Å². The van der Waals surface area contributed by atoms with Gasteiger partial charge in [-0.15, -0.1) is 0 Å². The molecule has 1 amide bonds. The summed E-state index contributed by atoms with van der Waals surface area (Å²) in [5.41, 5.74) is -0.198. The standard InChI is InChI=1S/C21H26NO5/c1-19(2)20(3)7-8-21(19,27-18(20)24)17(23)22-9-6-13-10-15(25-4)16(26-5)11-14(13)12-22/h10-12H,6-9H2,1-5H3/q+1/t20-,21+/m0/s1. The summed E-state index contributed by atoms with van der Waals surface area (Å²) >= 11 is 0. The Morgan fingerprint density at radius 2 is 1.78 bits per heavy atom. The number of carbonyl (C=O) groups excluding carboxylic acids is 2. The largest absolute Gasteiger partial charge is 0.493 e. The van der Waals surface area contributed by atoms with E-state index < -0.39 is 16.4 Å². The van der Waals surface area contributed by atoms with E-state index in [9.17, 15) is 9.59 Å². The molecule has 2 bridgehead atoms. The lowest BCUT2D eigenvalue weighted by atomic mass is 9.66. The fraction of sp³-hybridized carbons (Fsp3) is 0.571. The Hall–Kier alpha value is -2.37. The molecule has 27 heavy (non-hydrogen) atoms. The van der Waals surface area contributed by atoms with Gasteiger partial charge in [0.2, 0.25) is 5.60 Å². The third-order valence-electron chi connectivity index (χ3n) is 7.25. The van der Waals surface area contributed by atoms with E-state index in [-0.39, 0.29) is 11.9 Å². The van der Waals surface area contributed by atoms with Crippen LogP contribution in [0.2, 0.25) is 0 Å². The van der Waals surface area contributed by atoms with Gasteiger partial charge in [-0.25, -0.2) is 4.79 Å². The van der Waals surface area contributed by atoms with Gasteiger partial charge in [-0.3, -0.25) is 4.79 Å². The van der Waals surface area contributed by atoms with Gasteiger partial charge >= 0.3 is 11.9 Å². The number of benzene rings is 1. The SMILES string of the molecule is COc1cc2c(cc1OC)CC[N+](C(=O)[C@@]13CC[C@@](C)(C(=O)O1)C3(C)C)=C2. The van der Waals surface area contributed by atoms with E-state index in [0.717, 1.165) is 11.1 Å². The molecule has 144 valence electrons. The first-order chi connectivity index (χ1) is 12.7. The maximum absolute atomic E-state index is 13.5. The summed E-state index contributed by atoms with van der Waals surface area (Å²) in [6.07, 6.45) is 3.81. The molecule has 1 aliphatic carbocycles. The number of ether oxygens (including phenoxy) is 3. The summed E-state index contributed by atoms with van der Waals surface area (Å²) in [6, 6.07) is 3.84. The Balaban J connectivity index is 1.75. The number of esters is 1. The van der Waals surface area contributed by atoms with E-state index in [1.165, 1.54) is 0 Å². The monoisotopic (exact) mass is 372 g/mol. The maximum Gasteiger partial charge on any atom is 0.431 e. The number of amides is 1. The van der Waals surface area contributed by atoms with E-state index in [1.807, 2.05) is 39.1 Å². The van der Waals surface area contributed by atoms with Gasteiger partial charge in [0.05, 0.1) is 19.6 Å². The Morgan fingerprint density at radius 3 is 2.33 bits per heavy atom. The highest BCUT2D eigenvalue weighted by Crippen LogP contribution is 2.65. The molecule has 0 aromatic heterocycles. The highest BCUT2D eigenvalue weighted by molar-refractivity contribution is 5.95. The molecule has 0 unspecified atom stereocenters. The minimum Gasteiger partial charge on any atom is -0.493 e. The van der Waals surface area contributed by atoms with Crippen molar-refractivity contribution < 1.29 is 28.4 Å². The Labute approximate surface area is 159 Å². The van der Waals surface area contributed by atoms with Gasteiger partial charge in [0.25, 0.3) is 0 Å². The second-order valence-electron chi connectivity index (χ2n) is 8.46. The van der Waals surface area contributed by atoms with Crippen LogP contribution in [-0.2, 0) is 20.7 Å². The lowest BCUT2D eigenvalue weighted by Gasteiger charge is -2.33. The van der Waals surface area contributed by atoms with Gasteiger partial charge in [0.1, 0.15) is 0 Å². The molecule has 2 aliphatic heterocycles. The molecular formula is C21H26NO5+. The van der Waals surface area contributed by atoms with Gasteiger partial charge in [0.15, 0.2) is 24.3 Å². The fourth-order valence-corrected chi connectivity index (χ4v) is 4.86. The van der Waals surface area contributed by atoms with Crippen LogP contribution >= 0.6 is 0 Å². The van der Waals surface area contributed by atoms with Crippen molar-refractivity contribution in [2.45, 2.75) is 45.6 Å². The normalized spacial score (nSPS) is 30.4. The van der Waals surface area contributed by atoms with Gasteiger partial charge < -0.3 is 14.2 Å². The average Bonchev–Trinajstić information content (AvgIpc) is 2.96. The summed E-state index contributed by atoms with van der Waals surface area (Å²) < 4.78 is 18.2. The van der Waals surface area contributed by atoms with Crippen molar-refractivity contribution in [1.82, 2.24) is 0 Å². The Morgan fingerprint density at radius 1 is 1.11 bits per heavy atom. The number of nitrogens with zero attached hydrogens (tertiary/aromatic N) is 1. The van der Waals surface area contributed by atoms with E-state index >= 15 is 0 Å². The number of hydrogen-bond donors (Lipinski definition) is 0. The lowest BCUT2D eigenvalue weighted by molar-refractivity contribution is -0.457. The number of hydrogen-bond acceptors (Lipinski definition) is 5. The van der Waals surface area contributed by atoms with Crippen LogP contribution in [0.1, 0.15) is 44.7 Å². The molecule has 0 radical (unpaired) electrons. The van der Waals surface area contributed by atoms with Crippen molar-refractivity contribution in [1.29, 1.82) is 0 Å². The predicted octanol–water partition coefficient (Wildman–Crippen LogP) is 2.34. The zero-order valence-electron chi connectivity index (χ0n) is 16.5. The smallest absolute Gasteiger partial charge is 0.431 e. The van der Waals surface area contributed by atoms with Crippen molar-refractivity contribution >= 4 is 18.1 Å². The molecule has 2 heterocycles. The summed E-state index contributed by atoms with van der Waals surface area (Å²) in [6.45, 7) is 6.43. The first kappa shape index (κ1) is 18.0. The van der Waals surface area contributed by atoms with Gasteiger partial charge in [0, 0.05) is 23.8 Å². The van der Waals surface area contributed by atoms with Crippen LogP contribution in [-0.4, -0.2) is 49.0 Å². The van der Waals surface area contributed by atoms with Crippen LogP contribution in [0.3, 0.4) is 0 Å². The molecule has 1 saturated carbocycles. The van der Waals surface area contributed by atoms with Crippen LogP contribution in [0.5, 0.6) is 11.5 Å². The first-order valence-corrected chi connectivity index (χ1v) is 9.34. The molecule has 6 nitrogen and oxygen atoms in total. The molecular weight excluding hydrogens is 346 g/mol. The number of fused-ring (bicyclic) bond motifs is 3. The van der Waals surface area contributed by atoms with E-state index in [1.54, 1.807) is 18.8 Å². The predicted molar refractivity (Wildman–Crippen MR) is 98.5 cm³/mol. The zero-order chi connectivity index (χ0) is 19.6. The molecule has 1 aromatic carbocycles. The Kier molecular flexibility index (Phi) is 3.71. The van der Waals surface area contributed by atoms with Gasteiger partial charge in [-0.1, -0.05) is 13.8 Å². The van der Waals surface area contributed by atoms with Crippen molar-refractivity contribution in [3.05, 3.63) is 23.3 Å². The van der Waals surface area contributed by atoms with Crippen molar-refractivity contribution in [3.63, 3.8) is 0 Å². The lowest BCUT2D eigenvalue weighted by Crippen LogP contribution is -2.53. The molecule has 2 fully saturated rings. The highest BCUT2D eigenvalue weighted by Gasteiger charge is 2.78. The number of methoxy groups -OCH3 is 2. The highest BCUT2D eigenvalue weighted by atomic mass is 16.6. The number of carbonyl (C=O) groups is 2. The fourth-order valence-electron chi connectivity index (χ4n) is 4.86. The van der Waals surface area contributed by atoms with Gasteiger partial charge in [-0.2, -0.15) is 4.58 Å². The second kappa shape index (κ2) is 5.57.